The molecule has 0 aliphatic rings. The van der Waals surface area contributed by atoms with Crippen molar-refractivity contribution >= 4 is 8.80 Å². The van der Waals surface area contributed by atoms with E-state index in [1.807, 2.05) is 0 Å². The highest BCUT2D eigenvalue weighted by Gasteiger charge is 2.37. The molecule has 0 aromatic heterocycles. The van der Waals surface area contributed by atoms with Crippen LogP contribution in [0.15, 0.2) is 0 Å². The van der Waals surface area contributed by atoms with Crippen molar-refractivity contribution in [2.75, 3.05) is 35.0 Å². The van der Waals surface area contributed by atoms with E-state index in [1.54, 1.807) is 28.4 Å². The molecule has 0 spiro atoms. The summed E-state index contributed by atoms with van der Waals surface area (Å²) in [5.74, 6) is 0. The molecule has 0 bridgehead atoms. The number of methoxy groups -OCH3 is 1. The summed E-state index contributed by atoms with van der Waals surface area (Å²) in [4.78, 5) is 0. The Morgan fingerprint density at radius 3 is 1.82 bits per heavy atom. The topological polar surface area (TPSA) is 46.2 Å². The van der Waals surface area contributed by atoms with Crippen molar-refractivity contribution in [3.63, 3.8) is 0 Å². The largest absolute Gasteiger partial charge is 0.500 e. The maximum absolute atomic E-state index is 6.06. The van der Waals surface area contributed by atoms with Gasteiger partial charge >= 0.3 is 8.80 Å². The molecule has 22 heavy (non-hydrogen) atoms. The second-order valence-electron chi connectivity index (χ2n) is 6.51. The van der Waals surface area contributed by atoms with Gasteiger partial charge in [0.2, 0.25) is 0 Å². The Morgan fingerprint density at radius 1 is 0.864 bits per heavy atom. The lowest BCUT2D eigenvalue weighted by molar-refractivity contribution is -0.0689. The van der Waals surface area contributed by atoms with Gasteiger partial charge in [0.05, 0.1) is 17.8 Å². The Bertz CT molecular complexity index is 280. The van der Waals surface area contributed by atoms with Crippen LogP contribution in [0.5, 0.6) is 0 Å². The smallest absolute Gasteiger partial charge is 0.378 e. The summed E-state index contributed by atoms with van der Waals surface area (Å²) in [6.45, 7) is 9.21. The van der Waals surface area contributed by atoms with Crippen molar-refractivity contribution < 1.29 is 22.8 Å². The lowest BCUT2D eigenvalue weighted by Gasteiger charge is -2.31. The van der Waals surface area contributed by atoms with Gasteiger partial charge in [-0.1, -0.05) is 6.92 Å². The van der Waals surface area contributed by atoms with Crippen molar-refractivity contribution in [1.29, 1.82) is 0 Å². The standard InChI is InChI=1S/C16H36O5Si/c1-9-16(4,17-5)12-13-21-15(2,3)11-10-14-22(18-6,19-7)20-8/h9-14H2,1-8H3. The van der Waals surface area contributed by atoms with Gasteiger partial charge in [0.15, 0.2) is 0 Å². The molecule has 0 aliphatic heterocycles. The monoisotopic (exact) mass is 336 g/mol. The SMILES string of the molecule is CCC(C)(CCOC(C)(C)CCC[Si](OC)(OC)OC)OC. The van der Waals surface area contributed by atoms with Gasteiger partial charge in [-0.25, -0.2) is 0 Å². The highest BCUT2D eigenvalue weighted by Crippen LogP contribution is 2.25. The van der Waals surface area contributed by atoms with Crippen molar-refractivity contribution in [3.05, 3.63) is 0 Å². The van der Waals surface area contributed by atoms with Gasteiger partial charge in [-0.3, -0.25) is 0 Å². The summed E-state index contributed by atoms with van der Waals surface area (Å²) in [7, 11) is 4.25. The van der Waals surface area contributed by atoms with Crippen molar-refractivity contribution in [1.82, 2.24) is 0 Å². The van der Waals surface area contributed by atoms with E-state index in [4.69, 9.17) is 22.8 Å². The molecule has 0 saturated carbocycles. The molecule has 0 aromatic rings. The first kappa shape index (κ1) is 22.0. The maximum atomic E-state index is 6.06. The van der Waals surface area contributed by atoms with E-state index in [9.17, 15) is 0 Å². The predicted octanol–water partition coefficient (Wildman–Crippen LogP) is 3.65. The summed E-state index contributed by atoms with van der Waals surface area (Å²) < 4.78 is 27.9. The summed E-state index contributed by atoms with van der Waals surface area (Å²) in [5.41, 5.74) is -0.266. The van der Waals surface area contributed by atoms with Crippen LogP contribution in [-0.4, -0.2) is 55.1 Å². The van der Waals surface area contributed by atoms with Crippen LogP contribution in [0.25, 0.3) is 0 Å². The first-order chi connectivity index (χ1) is 10.2. The van der Waals surface area contributed by atoms with E-state index in [1.165, 1.54) is 0 Å². The van der Waals surface area contributed by atoms with E-state index in [-0.39, 0.29) is 11.2 Å². The predicted molar refractivity (Wildman–Crippen MR) is 91.2 cm³/mol. The molecule has 0 heterocycles. The van der Waals surface area contributed by atoms with Crippen LogP contribution in [0.4, 0.5) is 0 Å². The maximum Gasteiger partial charge on any atom is 0.500 e. The summed E-state index contributed by atoms with van der Waals surface area (Å²) in [6.07, 6.45) is 3.77. The third-order valence-electron chi connectivity index (χ3n) is 4.56. The first-order valence-electron chi connectivity index (χ1n) is 8.06. The third-order valence-corrected chi connectivity index (χ3v) is 7.39. The molecule has 5 nitrogen and oxygen atoms in total. The van der Waals surface area contributed by atoms with Crippen LogP contribution in [0.3, 0.4) is 0 Å². The molecule has 1 atom stereocenters. The fourth-order valence-corrected chi connectivity index (χ4v) is 4.05. The van der Waals surface area contributed by atoms with E-state index in [0.717, 1.165) is 31.7 Å². The van der Waals surface area contributed by atoms with E-state index in [0.29, 0.717) is 6.61 Å². The van der Waals surface area contributed by atoms with Gasteiger partial charge in [0.25, 0.3) is 0 Å². The molecule has 0 fully saturated rings. The lowest BCUT2D eigenvalue weighted by Crippen LogP contribution is -2.43. The Kier molecular flexibility index (Phi) is 10.0. The number of ether oxygens (including phenoxy) is 2. The molecule has 0 rings (SSSR count). The zero-order valence-corrected chi connectivity index (χ0v) is 16.8. The quantitative estimate of drug-likeness (QED) is 0.480. The fraction of sp³-hybridized carbons (Fsp3) is 1.00. The molecule has 0 amide bonds. The summed E-state index contributed by atoms with van der Waals surface area (Å²) in [5, 5.41) is 0. The molecular formula is C16H36O5Si. The normalized spacial score (nSPS) is 15.8. The second-order valence-corrected chi connectivity index (χ2v) is 9.61. The fourth-order valence-electron chi connectivity index (χ4n) is 2.33. The third kappa shape index (κ3) is 7.52. The van der Waals surface area contributed by atoms with E-state index >= 15 is 0 Å². The number of hydrogen-bond acceptors (Lipinski definition) is 5. The number of rotatable bonds is 13. The van der Waals surface area contributed by atoms with Gasteiger partial charge < -0.3 is 22.8 Å². The Balaban J connectivity index is 4.20. The average Bonchev–Trinajstić information content (AvgIpc) is 2.51. The van der Waals surface area contributed by atoms with Gasteiger partial charge in [-0.2, -0.15) is 0 Å². The van der Waals surface area contributed by atoms with Crippen LogP contribution in [0.2, 0.25) is 6.04 Å². The van der Waals surface area contributed by atoms with Gasteiger partial charge in [-0.05, 0) is 46.5 Å². The van der Waals surface area contributed by atoms with Crippen LogP contribution in [-0.2, 0) is 22.8 Å². The second kappa shape index (κ2) is 10.0. The van der Waals surface area contributed by atoms with Crippen LogP contribution in [0.1, 0.15) is 53.4 Å². The van der Waals surface area contributed by atoms with E-state index in [2.05, 4.69) is 27.7 Å². The van der Waals surface area contributed by atoms with Crippen molar-refractivity contribution in [2.45, 2.75) is 70.6 Å². The zero-order valence-electron chi connectivity index (χ0n) is 15.8. The Labute approximate surface area is 138 Å². The highest BCUT2D eigenvalue weighted by atomic mass is 28.4. The minimum Gasteiger partial charge on any atom is -0.378 e. The van der Waals surface area contributed by atoms with Gasteiger partial charge in [0.1, 0.15) is 0 Å². The molecular weight excluding hydrogens is 300 g/mol. The van der Waals surface area contributed by atoms with Crippen molar-refractivity contribution in [2.24, 2.45) is 0 Å². The first-order valence-corrected chi connectivity index (χ1v) is 10.00. The molecule has 0 N–H and O–H groups in total. The zero-order chi connectivity index (χ0) is 17.3. The van der Waals surface area contributed by atoms with Crippen LogP contribution < -0.4 is 0 Å². The molecule has 134 valence electrons. The minimum atomic E-state index is -2.47. The minimum absolute atomic E-state index is 0.0969. The van der Waals surface area contributed by atoms with Crippen molar-refractivity contribution in [3.8, 4) is 0 Å². The molecule has 0 saturated heterocycles. The van der Waals surface area contributed by atoms with Crippen LogP contribution in [0, 0.1) is 0 Å². The summed E-state index contributed by atoms with van der Waals surface area (Å²) in [6, 6.07) is 0.800. The molecule has 0 aliphatic carbocycles. The van der Waals surface area contributed by atoms with Gasteiger partial charge in [0, 0.05) is 34.5 Å². The summed E-state index contributed by atoms with van der Waals surface area (Å²) >= 11 is 0. The van der Waals surface area contributed by atoms with Gasteiger partial charge in [-0.15, -0.1) is 0 Å². The molecule has 6 heteroatoms. The molecule has 1 unspecified atom stereocenters. The average molecular weight is 337 g/mol. The van der Waals surface area contributed by atoms with E-state index < -0.39 is 8.80 Å². The number of hydrogen-bond donors (Lipinski definition) is 0. The Morgan fingerprint density at radius 2 is 1.41 bits per heavy atom. The Hall–Kier alpha value is 0.0169. The molecule has 0 aromatic carbocycles. The molecule has 0 radical (unpaired) electrons. The lowest BCUT2D eigenvalue weighted by atomic mass is 9.99. The highest BCUT2D eigenvalue weighted by molar-refractivity contribution is 6.60. The van der Waals surface area contributed by atoms with Crippen LogP contribution >= 0.6 is 0 Å².